The molecule has 1 aliphatic rings. The first kappa shape index (κ1) is 15.0. The number of carbonyl (C=O) groups is 2. The van der Waals surface area contributed by atoms with Crippen LogP contribution in [0, 0.1) is 5.92 Å². The minimum Gasteiger partial charge on any atom is -0.393 e. The van der Waals surface area contributed by atoms with Crippen LogP contribution in [0.1, 0.15) is 45.4 Å². The Bertz CT molecular complexity index is 281. The van der Waals surface area contributed by atoms with E-state index in [1.54, 1.807) is 0 Å². The second-order valence-corrected chi connectivity index (χ2v) is 5.02. The summed E-state index contributed by atoms with van der Waals surface area (Å²) in [7, 11) is 0. The van der Waals surface area contributed by atoms with E-state index in [2.05, 4.69) is 10.6 Å². The zero-order valence-electron chi connectivity index (χ0n) is 11.1. The number of hydrogen-bond donors (Lipinski definition) is 3. The van der Waals surface area contributed by atoms with E-state index in [9.17, 15) is 14.7 Å². The van der Waals surface area contributed by atoms with Crippen molar-refractivity contribution in [3.63, 3.8) is 0 Å². The van der Waals surface area contributed by atoms with Gasteiger partial charge < -0.3 is 15.7 Å². The van der Waals surface area contributed by atoms with Gasteiger partial charge in [0.25, 0.3) is 0 Å². The van der Waals surface area contributed by atoms with Gasteiger partial charge in [-0.1, -0.05) is 13.3 Å². The maximum Gasteiger partial charge on any atom is 0.222 e. The van der Waals surface area contributed by atoms with Gasteiger partial charge in [-0.05, 0) is 25.7 Å². The summed E-state index contributed by atoms with van der Waals surface area (Å²) in [4.78, 5) is 23.1. The number of nitrogens with one attached hydrogen (secondary N) is 2. The second-order valence-electron chi connectivity index (χ2n) is 5.02. The lowest BCUT2D eigenvalue weighted by Gasteiger charge is -2.15. The van der Waals surface area contributed by atoms with Gasteiger partial charge >= 0.3 is 0 Å². The highest BCUT2D eigenvalue weighted by atomic mass is 16.3. The smallest absolute Gasteiger partial charge is 0.222 e. The summed E-state index contributed by atoms with van der Waals surface area (Å²) >= 11 is 0. The number of aliphatic hydroxyl groups excluding tert-OH is 1. The molecule has 0 aromatic carbocycles. The Kier molecular flexibility index (Phi) is 6.72. The van der Waals surface area contributed by atoms with Crippen LogP contribution < -0.4 is 10.6 Å². The molecule has 1 aliphatic heterocycles. The molecule has 0 saturated carbocycles. The largest absolute Gasteiger partial charge is 0.393 e. The Morgan fingerprint density at radius 3 is 2.56 bits per heavy atom. The number of amides is 2. The number of rotatable bonds is 0. The van der Waals surface area contributed by atoms with Crippen molar-refractivity contribution in [2.24, 2.45) is 5.92 Å². The number of aliphatic hydroxyl groups is 1. The van der Waals surface area contributed by atoms with Crippen LogP contribution in [0.2, 0.25) is 0 Å². The summed E-state index contributed by atoms with van der Waals surface area (Å²) in [6.45, 7) is 2.88. The van der Waals surface area contributed by atoms with Crippen molar-refractivity contribution in [1.82, 2.24) is 10.6 Å². The molecule has 104 valence electrons. The summed E-state index contributed by atoms with van der Waals surface area (Å²) in [6, 6.07) is 0. The van der Waals surface area contributed by atoms with E-state index in [0.29, 0.717) is 25.9 Å². The van der Waals surface area contributed by atoms with Gasteiger partial charge in [-0.2, -0.15) is 0 Å². The molecule has 0 spiro atoms. The topological polar surface area (TPSA) is 78.4 Å². The van der Waals surface area contributed by atoms with E-state index in [0.717, 1.165) is 25.7 Å². The third kappa shape index (κ3) is 6.00. The highest BCUT2D eigenvalue weighted by molar-refractivity contribution is 5.80. The molecule has 0 aromatic rings. The lowest BCUT2D eigenvalue weighted by molar-refractivity contribution is -0.125. The third-order valence-corrected chi connectivity index (χ3v) is 3.31. The average molecular weight is 256 g/mol. The lowest BCUT2D eigenvalue weighted by atomic mass is 10.00. The standard InChI is InChI=1S/C13H24N2O3/c1-10-4-2-5-11(16)6-3-8-14-12(17)7-9-15-13(10)18/h10-11,16H,2-9H2,1H3,(H,14,17)(H,15,18)/t10-,11+/m1/s1. The lowest BCUT2D eigenvalue weighted by Crippen LogP contribution is -2.34. The molecule has 1 saturated heterocycles. The molecule has 5 heteroatoms. The maximum absolute atomic E-state index is 11.7. The van der Waals surface area contributed by atoms with Crippen LogP contribution in [-0.4, -0.2) is 36.1 Å². The van der Waals surface area contributed by atoms with E-state index in [1.807, 2.05) is 6.92 Å². The second kappa shape index (κ2) is 8.08. The van der Waals surface area contributed by atoms with Crippen LogP contribution in [-0.2, 0) is 9.59 Å². The number of hydrogen-bond acceptors (Lipinski definition) is 3. The Morgan fingerprint density at radius 1 is 1.06 bits per heavy atom. The van der Waals surface area contributed by atoms with Crippen LogP contribution in [0.15, 0.2) is 0 Å². The molecule has 1 heterocycles. The van der Waals surface area contributed by atoms with Gasteiger partial charge in [0.2, 0.25) is 11.8 Å². The van der Waals surface area contributed by atoms with Crippen molar-refractivity contribution in [2.75, 3.05) is 13.1 Å². The van der Waals surface area contributed by atoms with Crippen LogP contribution in [0.4, 0.5) is 0 Å². The first-order chi connectivity index (χ1) is 8.59. The fourth-order valence-corrected chi connectivity index (χ4v) is 2.06. The SMILES string of the molecule is C[C@@H]1CCC[C@H](O)CCCNC(=O)CCNC1=O. The summed E-state index contributed by atoms with van der Waals surface area (Å²) < 4.78 is 0. The minimum absolute atomic E-state index is 0.00523. The molecule has 2 atom stereocenters. The van der Waals surface area contributed by atoms with Gasteiger partial charge in [0.05, 0.1) is 6.10 Å². The van der Waals surface area contributed by atoms with Crippen molar-refractivity contribution >= 4 is 11.8 Å². The quantitative estimate of drug-likeness (QED) is 0.593. The summed E-state index contributed by atoms with van der Waals surface area (Å²) in [5.41, 5.74) is 0. The molecular weight excluding hydrogens is 232 g/mol. The van der Waals surface area contributed by atoms with Crippen LogP contribution in [0.5, 0.6) is 0 Å². The molecule has 2 amide bonds. The van der Waals surface area contributed by atoms with E-state index >= 15 is 0 Å². The molecule has 5 nitrogen and oxygen atoms in total. The summed E-state index contributed by atoms with van der Waals surface area (Å²) in [5.74, 6) is -0.105. The van der Waals surface area contributed by atoms with Gasteiger partial charge in [-0.15, -0.1) is 0 Å². The highest BCUT2D eigenvalue weighted by Crippen LogP contribution is 2.12. The monoisotopic (exact) mass is 256 g/mol. The zero-order valence-corrected chi connectivity index (χ0v) is 11.1. The van der Waals surface area contributed by atoms with Crippen LogP contribution >= 0.6 is 0 Å². The predicted molar refractivity (Wildman–Crippen MR) is 68.9 cm³/mol. The van der Waals surface area contributed by atoms with Gasteiger partial charge in [-0.25, -0.2) is 0 Å². The van der Waals surface area contributed by atoms with Gasteiger partial charge in [0.1, 0.15) is 0 Å². The molecule has 0 aromatic heterocycles. The van der Waals surface area contributed by atoms with Crippen LogP contribution in [0.3, 0.4) is 0 Å². The van der Waals surface area contributed by atoms with Crippen molar-refractivity contribution in [2.45, 2.75) is 51.6 Å². The maximum atomic E-state index is 11.7. The third-order valence-electron chi connectivity index (χ3n) is 3.31. The van der Waals surface area contributed by atoms with Crippen molar-refractivity contribution in [3.05, 3.63) is 0 Å². The van der Waals surface area contributed by atoms with E-state index in [4.69, 9.17) is 0 Å². The molecule has 1 fully saturated rings. The summed E-state index contributed by atoms with van der Waals surface area (Å²) in [5, 5.41) is 15.3. The normalized spacial score (nSPS) is 29.0. The zero-order chi connectivity index (χ0) is 13.4. The average Bonchev–Trinajstić information content (AvgIpc) is 2.33. The molecule has 3 N–H and O–H groups in total. The first-order valence-electron chi connectivity index (χ1n) is 6.82. The Hall–Kier alpha value is -1.10. The molecular formula is C13H24N2O3. The fraction of sp³-hybridized carbons (Fsp3) is 0.846. The predicted octanol–water partition coefficient (Wildman–Crippen LogP) is 0.570. The summed E-state index contributed by atoms with van der Waals surface area (Å²) in [6.07, 6.45) is 3.89. The molecule has 1 rings (SSSR count). The van der Waals surface area contributed by atoms with E-state index in [-0.39, 0.29) is 23.8 Å². The van der Waals surface area contributed by atoms with Gasteiger partial charge in [0.15, 0.2) is 0 Å². The van der Waals surface area contributed by atoms with Gasteiger partial charge in [-0.3, -0.25) is 9.59 Å². The number of carbonyl (C=O) groups excluding carboxylic acids is 2. The van der Waals surface area contributed by atoms with E-state index in [1.165, 1.54) is 0 Å². The fourth-order valence-electron chi connectivity index (χ4n) is 2.06. The Labute approximate surface area is 108 Å². The minimum atomic E-state index is -0.319. The van der Waals surface area contributed by atoms with Crippen molar-refractivity contribution in [1.29, 1.82) is 0 Å². The van der Waals surface area contributed by atoms with Crippen molar-refractivity contribution in [3.8, 4) is 0 Å². The van der Waals surface area contributed by atoms with Gasteiger partial charge in [0, 0.05) is 25.4 Å². The molecule has 0 bridgehead atoms. The van der Waals surface area contributed by atoms with Crippen molar-refractivity contribution < 1.29 is 14.7 Å². The Balaban J connectivity index is 2.43. The molecule has 0 aliphatic carbocycles. The molecule has 0 radical (unpaired) electrons. The van der Waals surface area contributed by atoms with Crippen LogP contribution in [0.25, 0.3) is 0 Å². The Morgan fingerprint density at radius 2 is 1.78 bits per heavy atom. The van der Waals surface area contributed by atoms with E-state index < -0.39 is 0 Å². The highest BCUT2D eigenvalue weighted by Gasteiger charge is 2.14. The first-order valence-corrected chi connectivity index (χ1v) is 6.82. The molecule has 18 heavy (non-hydrogen) atoms. The molecule has 0 unspecified atom stereocenters.